The first-order valence-electron chi connectivity index (χ1n) is 6.53. The number of rotatable bonds is 4. The Kier molecular flexibility index (Phi) is 3.85. The van der Waals surface area contributed by atoms with Gasteiger partial charge in [0.25, 0.3) is 0 Å². The molecule has 1 fully saturated rings. The summed E-state index contributed by atoms with van der Waals surface area (Å²) in [7, 11) is -3.30. The zero-order chi connectivity index (χ0) is 14.2. The monoisotopic (exact) mass is 285 g/mol. The van der Waals surface area contributed by atoms with Gasteiger partial charge in [-0.2, -0.15) is 0 Å². The summed E-state index contributed by atoms with van der Waals surface area (Å²) in [6, 6.07) is 4.13. The van der Waals surface area contributed by atoms with Gasteiger partial charge in [-0.15, -0.1) is 0 Å². The van der Waals surface area contributed by atoms with E-state index in [9.17, 15) is 12.8 Å². The summed E-state index contributed by atoms with van der Waals surface area (Å²) in [5.41, 5.74) is 0.287. The van der Waals surface area contributed by atoms with Gasteiger partial charge in [0.15, 0.2) is 9.84 Å². The number of sulfone groups is 1. The summed E-state index contributed by atoms with van der Waals surface area (Å²) >= 11 is 0. The normalized spacial score (nSPS) is 23.2. The van der Waals surface area contributed by atoms with Gasteiger partial charge in [0.05, 0.1) is 10.6 Å². The third-order valence-electron chi connectivity index (χ3n) is 3.84. The molecule has 19 heavy (non-hydrogen) atoms. The van der Waals surface area contributed by atoms with E-state index >= 15 is 0 Å². The molecule has 1 aromatic rings. The molecule has 0 aromatic heterocycles. The van der Waals surface area contributed by atoms with E-state index < -0.39 is 15.7 Å². The standard InChI is InChI=1S/C14H20FNO2S/c1-9(2)10-6-11(7-10)16-14-8-12(19(3,17)18)4-5-13(14)15/h4-5,8-11,16H,6-7H2,1-3H3. The molecule has 1 saturated carbocycles. The number of halogens is 1. The van der Waals surface area contributed by atoms with Crippen LogP contribution in [-0.4, -0.2) is 20.7 Å². The third-order valence-corrected chi connectivity index (χ3v) is 4.95. The predicted octanol–water partition coefficient (Wildman–Crippen LogP) is 3.08. The molecule has 0 heterocycles. The number of anilines is 1. The van der Waals surface area contributed by atoms with E-state index in [1.54, 1.807) is 0 Å². The summed E-state index contributed by atoms with van der Waals surface area (Å²) in [5, 5.41) is 3.10. The van der Waals surface area contributed by atoms with E-state index in [1.807, 2.05) is 0 Å². The third kappa shape index (κ3) is 3.26. The number of hydrogen-bond donors (Lipinski definition) is 1. The molecule has 0 amide bonds. The van der Waals surface area contributed by atoms with Gasteiger partial charge in [-0.05, 0) is 42.9 Å². The van der Waals surface area contributed by atoms with E-state index in [-0.39, 0.29) is 16.6 Å². The molecule has 1 aliphatic carbocycles. The average molecular weight is 285 g/mol. The molecule has 0 spiro atoms. The largest absolute Gasteiger partial charge is 0.380 e. The second-order valence-electron chi connectivity index (χ2n) is 5.73. The molecular formula is C14H20FNO2S. The van der Waals surface area contributed by atoms with Crippen LogP contribution in [-0.2, 0) is 9.84 Å². The summed E-state index contributed by atoms with van der Waals surface area (Å²) in [6.45, 7) is 4.37. The summed E-state index contributed by atoms with van der Waals surface area (Å²) in [6.07, 6.45) is 3.16. The molecule has 5 heteroatoms. The molecule has 1 aromatic carbocycles. The van der Waals surface area contributed by atoms with Crippen LogP contribution in [0.4, 0.5) is 10.1 Å². The van der Waals surface area contributed by atoms with Gasteiger partial charge in [0, 0.05) is 12.3 Å². The summed E-state index contributed by atoms with van der Waals surface area (Å²) in [5.74, 6) is 0.921. The van der Waals surface area contributed by atoms with E-state index in [4.69, 9.17) is 0 Å². The highest BCUT2D eigenvalue weighted by Crippen LogP contribution is 2.36. The van der Waals surface area contributed by atoms with Gasteiger partial charge in [-0.1, -0.05) is 13.8 Å². The van der Waals surface area contributed by atoms with Crippen LogP contribution in [0.3, 0.4) is 0 Å². The van der Waals surface area contributed by atoms with Crippen molar-refractivity contribution in [3.63, 3.8) is 0 Å². The van der Waals surface area contributed by atoms with Crippen molar-refractivity contribution in [1.82, 2.24) is 0 Å². The van der Waals surface area contributed by atoms with Crippen LogP contribution in [0.15, 0.2) is 23.1 Å². The van der Waals surface area contributed by atoms with Crippen LogP contribution >= 0.6 is 0 Å². The highest BCUT2D eigenvalue weighted by molar-refractivity contribution is 7.90. The molecule has 0 saturated heterocycles. The average Bonchev–Trinajstić information content (AvgIpc) is 2.22. The Hall–Kier alpha value is -1.10. The fourth-order valence-electron chi connectivity index (χ4n) is 2.39. The molecule has 3 nitrogen and oxygen atoms in total. The van der Waals surface area contributed by atoms with Gasteiger partial charge in [-0.3, -0.25) is 0 Å². The van der Waals surface area contributed by atoms with Gasteiger partial charge in [0.2, 0.25) is 0 Å². The predicted molar refractivity (Wildman–Crippen MR) is 74.5 cm³/mol. The fourth-order valence-corrected chi connectivity index (χ4v) is 3.04. The molecule has 0 unspecified atom stereocenters. The molecular weight excluding hydrogens is 265 g/mol. The second kappa shape index (κ2) is 5.12. The van der Waals surface area contributed by atoms with Crippen LogP contribution < -0.4 is 5.32 Å². The Labute approximate surface area is 114 Å². The Morgan fingerprint density at radius 2 is 1.95 bits per heavy atom. The molecule has 106 valence electrons. The minimum absolute atomic E-state index is 0.149. The molecule has 0 aliphatic heterocycles. The van der Waals surface area contributed by atoms with Crippen molar-refractivity contribution in [2.24, 2.45) is 11.8 Å². The Morgan fingerprint density at radius 3 is 2.47 bits per heavy atom. The van der Waals surface area contributed by atoms with Crippen LogP contribution in [0.1, 0.15) is 26.7 Å². The maximum Gasteiger partial charge on any atom is 0.175 e. The topological polar surface area (TPSA) is 46.2 Å². The summed E-state index contributed by atoms with van der Waals surface area (Å²) < 4.78 is 36.6. The quantitative estimate of drug-likeness (QED) is 0.865. The number of nitrogens with one attached hydrogen (secondary N) is 1. The van der Waals surface area contributed by atoms with Crippen molar-refractivity contribution in [2.45, 2.75) is 37.6 Å². The first-order valence-corrected chi connectivity index (χ1v) is 8.42. The molecule has 0 bridgehead atoms. The SMILES string of the molecule is CC(C)C1CC(Nc2cc(S(C)(=O)=O)ccc2F)C1. The lowest BCUT2D eigenvalue weighted by atomic mass is 9.73. The van der Waals surface area contributed by atoms with Crippen LogP contribution in [0.25, 0.3) is 0 Å². The van der Waals surface area contributed by atoms with Crippen molar-refractivity contribution < 1.29 is 12.8 Å². The molecule has 2 rings (SSSR count). The van der Waals surface area contributed by atoms with Crippen molar-refractivity contribution in [3.8, 4) is 0 Å². The van der Waals surface area contributed by atoms with Crippen molar-refractivity contribution in [1.29, 1.82) is 0 Å². The second-order valence-corrected chi connectivity index (χ2v) is 7.75. The van der Waals surface area contributed by atoms with E-state index in [0.29, 0.717) is 11.8 Å². The maximum atomic E-state index is 13.7. The minimum Gasteiger partial charge on any atom is -0.380 e. The molecule has 1 aliphatic rings. The lowest BCUT2D eigenvalue weighted by Gasteiger charge is -2.39. The molecule has 1 N–H and O–H groups in total. The van der Waals surface area contributed by atoms with Crippen molar-refractivity contribution in [3.05, 3.63) is 24.0 Å². The van der Waals surface area contributed by atoms with Crippen molar-refractivity contribution >= 4 is 15.5 Å². The van der Waals surface area contributed by atoms with Gasteiger partial charge in [-0.25, -0.2) is 12.8 Å². The molecule has 0 atom stereocenters. The smallest absolute Gasteiger partial charge is 0.175 e. The first-order chi connectivity index (χ1) is 8.77. The van der Waals surface area contributed by atoms with E-state index in [1.165, 1.54) is 18.2 Å². The van der Waals surface area contributed by atoms with E-state index in [2.05, 4.69) is 19.2 Å². The minimum atomic E-state index is -3.30. The number of benzene rings is 1. The highest BCUT2D eigenvalue weighted by Gasteiger charge is 2.31. The fraction of sp³-hybridized carbons (Fsp3) is 0.571. The summed E-state index contributed by atoms with van der Waals surface area (Å²) in [4.78, 5) is 0.149. The van der Waals surface area contributed by atoms with Crippen LogP contribution in [0.5, 0.6) is 0 Å². The lowest BCUT2D eigenvalue weighted by molar-refractivity contribution is 0.211. The van der Waals surface area contributed by atoms with Gasteiger partial charge in [0.1, 0.15) is 5.82 Å². The van der Waals surface area contributed by atoms with E-state index in [0.717, 1.165) is 19.1 Å². The lowest BCUT2D eigenvalue weighted by Crippen LogP contribution is -2.38. The Bertz CT molecular complexity index is 563. The highest BCUT2D eigenvalue weighted by atomic mass is 32.2. The zero-order valence-electron chi connectivity index (χ0n) is 11.5. The Morgan fingerprint density at radius 1 is 1.32 bits per heavy atom. The van der Waals surface area contributed by atoms with Gasteiger partial charge >= 0.3 is 0 Å². The van der Waals surface area contributed by atoms with Crippen LogP contribution in [0, 0.1) is 17.7 Å². The first kappa shape index (κ1) is 14.3. The van der Waals surface area contributed by atoms with Crippen LogP contribution in [0.2, 0.25) is 0 Å². The Balaban J connectivity index is 2.09. The van der Waals surface area contributed by atoms with Crippen molar-refractivity contribution in [2.75, 3.05) is 11.6 Å². The molecule has 0 radical (unpaired) electrons. The van der Waals surface area contributed by atoms with Gasteiger partial charge < -0.3 is 5.32 Å². The number of hydrogen-bond acceptors (Lipinski definition) is 3. The zero-order valence-corrected chi connectivity index (χ0v) is 12.3. The maximum absolute atomic E-state index is 13.7.